The predicted molar refractivity (Wildman–Crippen MR) is 123 cm³/mol. The largest absolute Gasteiger partial charge is 0.504 e. The van der Waals surface area contributed by atoms with Crippen LogP contribution >= 0.6 is 0 Å². The van der Waals surface area contributed by atoms with Crippen LogP contribution in [0.1, 0.15) is 31.1 Å². The predicted octanol–water partition coefficient (Wildman–Crippen LogP) is 0.803. The molecule has 0 aliphatic heterocycles. The quantitative estimate of drug-likeness (QED) is 0.248. The molecule has 178 valence electrons. The molecule has 0 aliphatic rings. The number of phenolic OH excluding ortho intramolecular Hbond substituents is 2. The number of primary amides is 1. The van der Waals surface area contributed by atoms with Gasteiger partial charge in [0.2, 0.25) is 5.91 Å². The van der Waals surface area contributed by atoms with E-state index in [0.29, 0.717) is 30.4 Å². The number of amides is 1. The Hall–Kier alpha value is -2.85. The van der Waals surface area contributed by atoms with Crippen molar-refractivity contribution in [3.63, 3.8) is 0 Å². The third-order valence-electron chi connectivity index (χ3n) is 4.29. The highest BCUT2D eigenvalue weighted by atomic mass is 16.5. The highest BCUT2D eigenvalue weighted by molar-refractivity contribution is 5.76. The van der Waals surface area contributed by atoms with Crippen LogP contribution in [0.15, 0.2) is 42.5 Å². The number of ether oxygens (including phenoxy) is 1. The molecule has 0 radical (unpaired) electrons. The van der Waals surface area contributed by atoms with E-state index in [1.165, 1.54) is 12.1 Å². The van der Waals surface area contributed by atoms with Crippen LogP contribution in [-0.4, -0.2) is 65.2 Å². The molecule has 0 heterocycles. The topological polar surface area (TPSA) is 157 Å². The first-order valence-corrected chi connectivity index (χ1v) is 10.4. The maximum atomic E-state index is 10.7. The maximum absolute atomic E-state index is 10.7. The maximum Gasteiger partial charge on any atom is 0.221 e. The summed E-state index contributed by atoms with van der Waals surface area (Å²) in [4.78, 5) is 10.7. The lowest BCUT2D eigenvalue weighted by atomic mass is 10.1. The number of nitrogens with two attached hydrogens (primary N) is 1. The molecule has 9 nitrogen and oxygen atoms in total. The number of aliphatic hydroxyl groups excluding tert-OH is 2. The van der Waals surface area contributed by atoms with Gasteiger partial charge in [-0.2, -0.15) is 0 Å². The van der Waals surface area contributed by atoms with Gasteiger partial charge in [0.05, 0.1) is 12.5 Å². The number of rotatable bonds is 11. The van der Waals surface area contributed by atoms with E-state index in [2.05, 4.69) is 10.6 Å². The third kappa shape index (κ3) is 11.0. The Morgan fingerprint density at radius 3 is 2.22 bits per heavy atom. The van der Waals surface area contributed by atoms with Crippen LogP contribution in [0.4, 0.5) is 0 Å². The van der Waals surface area contributed by atoms with Gasteiger partial charge in [-0.25, -0.2) is 0 Å². The number of benzene rings is 2. The normalized spacial score (nSPS) is 12.6. The SMILES string of the molecule is CC(C)NCC(O)COc1ccc(CC(N)=O)cc1.CNC[C@H](O)c1ccc(O)c(O)c1. The second-order valence-corrected chi connectivity index (χ2v) is 7.64. The lowest BCUT2D eigenvalue weighted by Crippen LogP contribution is -2.35. The Bertz CT molecular complexity index is 814. The van der Waals surface area contributed by atoms with Crippen molar-refractivity contribution in [2.75, 3.05) is 26.7 Å². The Labute approximate surface area is 188 Å². The lowest BCUT2D eigenvalue weighted by molar-refractivity contribution is -0.117. The van der Waals surface area contributed by atoms with E-state index in [0.717, 1.165) is 5.56 Å². The van der Waals surface area contributed by atoms with Crippen LogP contribution in [0, 0.1) is 0 Å². The van der Waals surface area contributed by atoms with E-state index in [1.807, 2.05) is 13.8 Å². The molecule has 32 heavy (non-hydrogen) atoms. The molecule has 2 atom stereocenters. The third-order valence-corrected chi connectivity index (χ3v) is 4.29. The summed E-state index contributed by atoms with van der Waals surface area (Å²) in [5.41, 5.74) is 6.53. The molecular weight excluding hydrogens is 414 g/mol. The van der Waals surface area contributed by atoms with Gasteiger partial charge in [0.25, 0.3) is 0 Å². The van der Waals surface area contributed by atoms with Gasteiger partial charge < -0.3 is 41.5 Å². The zero-order chi connectivity index (χ0) is 24.1. The van der Waals surface area contributed by atoms with Crippen LogP contribution in [0.3, 0.4) is 0 Å². The molecule has 2 rings (SSSR count). The van der Waals surface area contributed by atoms with Crippen LogP contribution in [0.5, 0.6) is 17.2 Å². The number of likely N-dealkylation sites (N-methyl/N-ethyl adjacent to an activating group) is 1. The smallest absolute Gasteiger partial charge is 0.221 e. The average Bonchev–Trinajstić information content (AvgIpc) is 2.74. The number of hydrogen-bond acceptors (Lipinski definition) is 8. The van der Waals surface area contributed by atoms with Crippen molar-refractivity contribution < 1.29 is 30.0 Å². The molecule has 0 saturated heterocycles. The van der Waals surface area contributed by atoms with Crippen molar-refractivity contribution in [2.45, 2.75) is 38.5 Å². The monoisotopic (exact) mass is 449 g/mol. The fourth-order valence-electron chi connectivity index (χ4n) is 2.59. The fraction of sp³-hybridized carbons (Fsp3) is 0.435. The summed E-state index contributed by atoms with van der Waals surface area (Å²) in [5, 5.41) is 43.2. The van der Waals surface area contributed by atoms with Crippen LogP contribution in [0.25, 0.3) is 0 Å². The van der Waals surface area contributed by atoms with E-state index in [4.69, 9.17) is 20.7 Å². The Kier molecular flexibility index (Phi) is 12.1. The van der Waals surface area contributed by atoms with Gasteiger partial charge in [0.1, 0.15) is 18.5 Å². The second kappa shape index (κ2) is 14.3. The van der Waals surface area contributed by atoms with Crippen LogP contribution in [-0.2, 0) is 11.2 Å². The van der Waals surface area contributed by atoms with Gasteiger partial charge in [-0.1, -0.05) is 32.0 Å². The van der Waals surface area contributed by atoms with E-state index in [1.54, 1.807) is 37.4 Å². The zero-order valence-corrected chi connectivity index (χ0v) is 18.8. The summed E-state index contributed by atoms with van der Waals surface area (Å²) in [5.74, 6) is -0.0891. The molecule has 1 unspecified atom stereocenters. The molecule has 0 bridgehead atoms. The van der Waals surface area contributed by atoms with Crippen LogP contribution < -0.4 is 21.1 Å². The summed E-state index contributed by atoms with van der Waals surface area (Å²) in [6.45, 7) is 5.17. The minimum Gasteiger partial charge on any atom is -0.504 e. The van der Waals surface area contributed by atoms with Crippen molar-refractivity contribution in [2.24, 2.45) is 5.73 Å². The van der Waals surface area contributed by atoms with E-state index in [-0.39, 0.29) is 30.4 Å². The minimum atomic E-state index is -0.670. The van der Waals surface area contributed by atoms with Crippen molar-refractivity contribution in [1.82, 2.24) is 10.6 Å². The van der Waals surface area contributed by atoms with Gasteiger partial charge in [0, 0.05) is 19.1 Å². The number of hydrogen-bond donors (Lipinski definition) is 7. The number of carbonyl (C=O) groups is 1. The summed E-state index contributed by atoms with van der Waals surface area (Å²) < 4.78 is 5.45. The molecule has 2 aromatic carbocycles. The minimum absolute atomic E-state index is 0.180. The lowest BCUT2D eigenvalue weighted by Gasteiger charge is -2.15. The molecule has 2 aromatic rings. The first kappa shape index (κ1) is 27.2. The fourth-order valence-corrected chi connectivity index (χ4v) is 2.59. The molecular formula is C23H35N3O6. The first-order valence-electron chi connectivity index (χ1n) is 10.4. The molecule has 0 aliphatic carbocycles. The standard InChI is InChI=1S/C14H22N2O3.C9H13NO3/c1-10(2)16-8-12(17)9-19-13-5-3-11(4-6-13)7-14(15)18;1-10-5-9(13)6-2-3-7(11)8(12)4-6/h3-6,10,12,16-17H,7-9H2,1-2H3,(H2,15,18);2-4,9-13H,5H2,1H3/t;9-/m.0/s1. The summed E-state index contributed by atoms with van der Waals surface area (Å²) in [6.07, 6.45) is -0.995. The molecule has 0 aromatic heterocycles. The average molecular weight is 450 g/mol. The zero-order valence-electron chi connectivity index (χ0n) is 18.8. The number of aliphatic hydroxyl groups is 2. The Morgan fingerprint density at radius 2 is 1.69 bits per heavy atom. The van der Waals surface area contributed by atoms with E-state index < -0.39 is 12.2 Å². The van der Waals surface area contributed by atoms with Crippen molar-refractivity contribution >= 4 is 5.91 Å². The van der Waals surface area contributed by atoms with E-state index in [9.17, 15) is 15.0 Å². The van der Waals surface area contributed by atoms with E-state index >= 15 is 0 Å². The highest BCUT2D eigenvalue weighted by Crippen LogP contribution is 2.27. The van der Waals surface area contributed by atoms with Gasteiger partial charge in [-0.3, -0.25) is 4.79 Å². The van der Waals surface area contributed by atoms with Gasteiger partial charge in [-0.15, -0.1) is 0 Å². The summed E-state index contributed by atoms with van der Waals surface area (Å²) in [6, 6.07) is 11.7. The van der Waals surface area contributed by atoms with Crippen LogP contribution in [0.2, 0.25) is 0 Å². The Morgan fingerprint density at radius 1 is 1.03 bits per heavy atom. The van der Waals surface area contributed by atoms with Crippen molar-refractivity contribution in [3.05, 3.63) is 53.6 Å². The highest BCUT2D eigenvalue weighted by Gasteiger charge is 2.08. The number of nitrogens with one attached hydrogen (secondary N) is 2. The summed E-state index contributed by atoms with van der Waals surface area (Å²) in [7, 11) is 1.73. The molecule has 0 fully saturated rings. The van der Waals surface area contributed by atoms with Gasteiger partial charge >= 0.3 is 0 Å². The molecule has 1 amide bonds. The molecule has 0 saturated carbocycles. The van der Waals surface area contributed by atoms with Crippen molar-refractivity contribution in [1.29, 1.82) is 0 Å². The van der Waals surface area contributed by atoms with Gasteiger partial charge in [0.15, 0.2) is 11.5 Å². The molecule has 9 heteroatoms. The first-order chi connectivity index (χ1) is 15.1. The van der Waals surface area contributed by atoms with Crippen molar-refractivity contribution in [3.8, 4) is 17.2 Å². The second-order valence-electron chi connectivity index (χ2n) is 7.64. The number of aromatic hydroxyl groups is 2. The number of carbonyl (C=O) groups excluding carboxylic acids is 1. The molecule has 8 N–H and O–H groups in total. The number of phenols is 2. The van der Waals surface area contributed by atoms with Gasteiger partial charge in [-0.05, 0) is 42.4 Å². The Balaban J connectivity index is 0.000000343. The summed E-state index contributed by atoms with van der Waals surface area (Å²) >= 11 is 0. The molecule has 0 spiro atoms.